The zero-order chi connectivity index (χ0) is 21.4. The topological polar surface area (TPSA) is 100 Å². The van der Waals surface area contributed by atoms with Gasteiger partial charge < -0.3 is 25.6 Å². The van der Waals surface area contributed by atoms with Crippen molar-refractivity contribution in [1.82, 2.24) is 9.80 Å². The molecule has 1 fully saturated rings. The molecule has 0 bridgehead atoms. The van der Waals surface area contributed by atoms with Crippen molar-refractivity contribution in [2.24, 2.45) is 10.7 Å². The molecule has 1 heterocycles. The van der Waals surface area contributed by atoms with Crippen LogP contribution >= 0.6 is 24.0 Å². The van der Waals surface area contributed by atoms with Crippen LogP contribution in [0.4, 0.5) is 10.5 Å². The molecule has 1 aromatic rings. The first-order chi connectivity index (χ1) is 13.7. The molecule has 1 saturated heterocycles. The van der Waals surface area contributed by atoms with Crippen molar-refractivity contribution in [3.8, 4) is 0 Å². The van der Waals surface area contributed by atoms with E-state index in [0.29, 0.717) is 45.1 Å². The predicted molar refractivity (Wildman–Crippen MR) is 130 cm³/mol. The van der Waals surface area contributed by atoms with Crippen LogP contribution in [-0.4, -0.2) is 59.5 Å². The number of ether oxygens (including phenoxy) is 1. The molecule has 0 spiro atoms. The molecule has 0 aromatic heterocycles. The number of piperazine rings is 1. The zero-order valence-electron chi connectivity index (χ0n) is 18.3. The van der Waals surface area contributed by atoms with Crippen LogP contribution in [0.1, 0.15) is 46.1 Å². The maximum Gasteiger partial charge on any atom is 0.410 e. The van der Waals surface area contributed by atoms with E-state index in [1.165, 1.54) is 0 Å². The molecule has 0 unspecified atom stereocenters. The number of benzene rings is 1. The number of rotatable bonds is 5. The van der Waals surface area contributed by atoms with Crippen molar-refractivity contribution < 1.29 is 14.3 Å². The normalized spacial score (nSPS) is 14.7. The lowest BCUT2D eigenvalue weighted by Gasteiger charge is -2.36. The van der Waals surface area contributed by atoms with Crippen LogP contribution in [0.15, 0.2) is 29.3 Å². The van der Waals surface area contributed by atoms with E-state index in [0.717, 1.165) is 17.7 Å². The molecule has 0 atom stereocenters. The second kappa shape index (κ2) is 12.0. The molecule has 1 aliphatic rings. The van der Waals surface area contributed by atoms with Gasteiger partial charge in [-0.25, -0.2) is 9.79 Å². The number of halogens is 1. The number of anilines is 1. The summed E-state index contributed by atoms with van der Waals surface area (Å²) in [6, 6.07) is 7.60. The first kappa shape index (κ1) is 26.0. The van der Waals surface area contributed by atoms with E-state index >= 15 is 0 Å². The number of hydrogen-bond acceptors (Lipinski definition) is 4. The molecule has 168 valence electrons. The summed E-state index contributed by atoms with van der Waals surface area (Å²) in [7, 11) is 0. The number of amides is 2. The molecule has 2 rings (SSSR count). The summed E-state index contributed by atoms with van der Waals surface area (Å²) in [6.45, 7) is 10.4. The Kier molecular flexibility index (Phi) is 10.4. The molecule has 9 heteroatoms. The largest absolute Gasteiger partial charge is 0.444 e. The van der Waals surface area contributed by atoms with Gasteiger partial charge >= 0.3 is 6.09 Å². The summed E-state index contributed by atoms with van der Waals surface area (Å²) in [4.78, 5) is 31.9. The molecule has 8 nitrogen and oxygen atoms in total. The number of aliphatic imine (C=N–C) groups is 1. The Balaban J connectivity index is 0.00000450. The Bertz CT molecular complexity index is 723. The summed E-state index contributed by atoms with van der Waals surface area (Å²) >= 11 is 0. The first-order valence-corrected chi connectivity index (χ1v) is 10.1. The Morgan fingerprint density at radius 1 is 1.10 bits per heavy atom. The molecule has 0 radical (unpaired) electrons. The molecule has 0 saturated carbocycles. The lowest BCUT2D eigenvalue weighted by molar-refractivity contribution is -0.116. The van der Waals surface area contributed by atoms with Gasteiger partial charge in [-0.2, -0.15) is 0 Å². The lowest BCUT2D eigenvalue weighted by Crippen LogP contribution is -2.53. The molecule has 2 amide bonds. The second-order valence-electron chi connectivity index (χ2n) is 8.12. The van der Waals surface area contributed by atoms with Gasteiger partial charge in [0.15, 0.2) is 5.96 Å². The van der Waals surface area contributed by atoms with Gasteiger partial charge in [0.25, 0.3) is 0 Å². The smallest absolute Gasteiger partial charge is 0.410 e. The fraction of sp³-hybridized carbons (Fsp3) is 0.571. The van der Waals surface area contributed by atoms with E-state index in [9.17, 15) is 9.59 Å². The van der Waals surface area contributed by atoms with Gasteiger partial charge in [-0.05, 0) is 44.9 Å². The molecule has 30 heavy (non-hydrogen) atoms. The molecule has 3 N–H and O–H groups in total. The van der Waals surface area contributed by atoms with Gasteiger partial charge in [0.05, 0.1) is 6.54 Å². The molecule has 0 aliphatic carbocycles. The van der Waals surface area contributed by atoms with Gasteiger partial charge in [0.2, 0.25) is 5.91 Å². The summed E-state index contributed by atoms with van der Waals surface area (Å²) in [5.41, 5.74) is 7.42. The van der Waals surface area contributed by atoms with Crippen LogP contribution in [0, 0.1) is 0 Å². The third-order valence-corrected chi connectivity index (χ3v) is 4.39. The van der Waals surface area contributed by atoms with Gasteiger partial charge in [0, 0.05) is 38.3 Å². The van der Waals surface area contributed by atoms with Crippen LogP contribution in [0.25, 0.3) is 0 Å². The maximum atomic E-state index is 12.1. The van der Waals surface area contributed by atoms with E-state index in [2.05, 4.69) is 10.3 Å². The Morgan fingerprint density at radius 3 is 2.20 bits per heavy atom. The molecular weight excluding hydrogens is 497 g/mol. The van der Waals surface area contributed by atoms with Crippen molar-refractivity contribution in [3.63, 3.8) is 0 Å². The zero-order valence-corrected chi connectivity index (χ0v) is 20.6. The fourth-order valence-corrected chi connectivity index (χ4v) is 2.86. The third-order valence-electron chi connectivity index (χ3n) is 4.39. The average Bonchev–Trinajstić information content (AvgIpc) is 2.66. The van der Waals surface area contributed by atoms with Gasteiger partial charge in [-0.15, -0.1) is 24.0 Å². The third kappa shape index (κ3) is 8.76. The number of nitrogens with one attached hydrogen (secondary N) is 1. The Morgan fingerprint density at radius 2 is 1.67 bits per heavy atom. The quantitative estimate of drug-likeness (QED) is 0.345. The van der Waals surface area contributed by atoms with Gasteiger partial charge in [-0.1, -0.05) is 19.1 Å². The highest BCUT2D eigenvalue weighted by Crippen LogP contribution is 2.13. The van der Waals surface area contributed by atoms with Gasteiger partial charge in [0.1, 0.15) is 5.60 Å². The van der Waals surface area contributed by atoms with Crippen LogP contribution in [-0.2, 0) is 16.1 Å². The summed E-state index contributed by atoms with van der Waals surface area (Å²) < 4.78 is 5.41. The first-order valence-electron chi connectivity index (χ1n) is 10.1. The average molecular weight is 531 g/mol. The number of carbonyl (C=O) groups excluding carboxylic acids is 2. The predicted octanol–water partition coefficient (Wildman–Crippen LogP) is 3.41. The van der Waals surface area contributed by atoms with Crippen molar-refractivity contribution >= 4 is 47.6 Å². The molecule has 1 aliphatic heterocycles. The van der Waals surface area contributed by atoms with Crippen LogP contribution in [0.3, 0.4) is 0 Å². The van der Waals surface area contributed by atoms with Crippen molar-refractivity contribution in [2.75, 3.05) is 31.5 Å². The van der Waals surface area contributed by atoms with E-state index in [1.807, 2.05) is 56.9 Å². The van der Waals surface area contributed by atoms with Crippen molar-refractivity contribution in [1.29, 1.82) is 0 Å². The Hall–Kier alpha value is -2.04. The standard InChI is InChI=1S/C21H33N5O3.HI/c1-5-6-18(27)24-17-9-7-16(8-10-17)15-23-19(22)25-11-13-26(14-12-25)20(28)29-21(2,3)4;/h7-10H,5-6,11-15H2,1-4H3,(H2,22,23)(H,24,27);1H. The van der Waals surface area contributed by atoms with Gasteiger partial charge in [-0.3, -0.25) is 4.79 Å². The highest BCUT2D eigenvalue weighted by Gasteiger charge is 2.26. The highest BCUT2D eigenvalue weighted by atomic mass is 127. The minimum absolute atomic E-state index is 0. The number of nitrogens with two attached hydrogens (primary N) is 1. The second-order valence-corrected chi connectivity index (χ2v) is 8.12. The monoisotopic (exact) mass is 531 g/mol. The maximum absolute atomic E-state index is 12.1. The van der Waals surface area contributed by atoms with E-state index in [-0.39, 0.29) is 36.0 Å². The summed E-state index contributed by atoms with van der Waals surface area (Å²) in [5, 5.41) is 2.86. The summed E-state index contributed by atoms with van der Waals surface area (Å²) in [5.74, 6) is 0.488. The minimum atomic E-state index is -0.497. The summed E-state index contributed by atoms with van der Waals surface area (Å²) in [6.07, 6.45) is 1.05. The van der Waals surface area contributed by atoms with Crippen LogP contribution in [0.2, 0.25) is 0 Å². The Labute approximate surface area is 196 Å². The minimum Gasteiger partial charge on any atom is -0.444 e. The number of carbonyl (C=O) groups is 2. The molecular formula is C21H34IN5O3. The van der Waals surface area contributed by atoms with Crippen LogP contribution < -0.4 is 11.1 Å². The number of guanidine groups is 1. The lowest BCUT2D eigenvalue weighted by atomic mass is 10.2. The number of nitrogens with zero attached hydrogens (tertiary/aromatic N) is 3. The SMILES string of the molecule is CCCC(=O)Nc1ccc(CN=C(N)N2CCN(C(=O)OC(C)(C)C)CC2)cc1.I. The van der Waals surface area contributed by atoms with Crippen molar-refractivity contribution in [2.45, 2.75) is 52.7 Å². The fourth-order valence-electron chi connectivity index (χ4n) is 2.86. The highest BCUT2D eigenvalue weighted by molar-refractivity contribution is 14.0. The van der Waals surface area contributed by atoms with E-state index in [4.69, 9.17) is 10.5 Å². The van der Waals surface area contributed by atoms with E-state index in [1.54, 1.807) is 4.90 Å². The van der Waals surface area contributed by atoms with E-state index < -0.39 is 5.60 Å². The number of hydrogen-bond donors (Lipinski definition) is 2. The molecule has 1 aromatic carbocycles. The van der Waals surface area contributed by atoms with Crippen LogP contribution in [0.5, 0.6) is 0 Å². The van der Waals surface area contributed by atoms with Crippen molar-refractivity contribution in [3.05, 3.63) is 29.8 Å².